The van der Waals surface area contributed by atoms with E-state index in [-0.39, 0.29) is 23.3 Å². The summed E-state index contributed by atoms with van der Waals surface area (Å²) in [7, 11) is 0. The SMILES string of the molecule is CCn1ccn(C2CC(O)CCC2(C)C)c1=O. The van der Waals surface area contributed by atoms with Gasteiger partial charge in [0.2, 0.25) is 0 Å². The Kier molecular flexibility index (Phi) is 3.17. The van der Waals surface area contributed by atoms with Gasteiger partial charge in [-0.15, -0.1) is 0 Å². The van der Waals surface area contributed by atoms with Crippen LogP contribution in [0.2, 0.25) is 0 Å². The third-order valence-corrected chi connectivity index (χ3v) is 4.07. The first kappa shape index (κ1) is 12.4. The predicted octanol–water partition coefficient (Wildman–Crippen LogP) is 1.78. The molecule has 1 aliphatic carbocycles. The molecule has 2 atom stereocenters. The highest BCUT2D eigenvalue weighted by molar-refractivity contribution is 4.95. The van der Waals surface area contributed by atoms with Gasteiger partial charge in [0.15, 0.2) is 0 Å². The highest BCUT2D eigenvalue weighted by Crippen LogP contribution is 2.43. The Morgan fingerprint density at radius 1 is 1.47 bits per heavy atom. The molecule has 1 aromatic rings. The lowest BCUT2D eigenvalue weighted by atomic mass is 9.72. The summed E-state index contributed by atoms with van der Waals surface area (Å²) >= 11 is 0. The first-order valence-corrected chi connectivity index (χ1v) is 6.41. The maximum Gasteiger partial charge on any atom is 0.328 e. The maximum atomic E-state index is 12.1. The molecule has 1 aliphatic rings. The first-order valence-electron chi connectivity index (χ1n) is 6.41. The Morgan fingerprint density at radius 3 is 2.76 bits per heavy atom. The zero-order valence-electron chi connectivity index (χ0n) is 10.9. The van der Waals surface area contributed by atoms with Crippen molar-refractivity contribution in [1.29, 1.82) is 0 Å². The molecule has 0 spiro atoms. The quantitative estimate of drug-likeness (QED) is 0.853. The van der Waals surface area contributed by atoms with Crippen LogP contribution in [0.1, 0.15) is 46.1 Å². The lowest BCUT2D eigenvalue weighted by Gasteiger charge is -2.40. The fourth-order valence-corrected chi connectivity index (χ4v) is 2.80. The van der Waals surface area contributed by atoms with Gasteiger partial charge in [0, 0.05) is 25.0 Å². The second kappa shape index (κ2) is 4.33. The van der Waals surface area contributed by atoms with Crippen molar-refractivity contribution in [2.75, 3.05) is 0 Å². The highest BCUT2D eigenvalue weighted by Gasteiger charge is 2.37. The van der Waals surface area contributed by atoms with Crippen LogP contribution in [0.25, 0.3) is 0 Å². The first-order chi connectivity index (χ1) is 7.95. The average molecular weight is 238 g/mol. The number of rotatable bonds is 2. The van der Waals surface area contributed by atoms with Crippen molar-refractivity contribution in [2.24, 2.45) is 5.41 Å². The molecule has 4 nitrogen and oxygen atoms in total. The molecule has 0 bridgehead atoms. The van der Waals surface area contributed by atoms with Gasteiger partial charge in [-0.1, -0.05) is 13.8 Å². The van der Waals surface area contributed by atoms with E-state index in [4.69, 9.17) is 0 Å². The third-order valence-electron chi connectivity index (χ3n) is 4.07. The molecule has 2 unspecified atom stereocenters. The molecule has 17 heavy (non-hydrogen) atoms. The fraction of sp³-hybridized carbons (Fsp3) is 0.769. The van der Waals surface area contributed by atoms with Crippen LogP contribution in [0.3, 0.4) is 0 Å². The van der Waals surface area contributed by atoms with E-state index in [2.05, 4.69) is 13.8 Å². The highest BCUT2D eigenvalue weighted by atomic mass is 16.3. The Labute approximate surface area is 102 Å². The molecule has 0 aliphatic heterocycles. The molecule has 1 aromatic heterocycles. The van der Waals surface area contributed by atoms with Gasteiger partial charge >= 0.3 is 5.69 Å². The summed E-state index contributed by atoms with van der Waals surface area (Å²) in [5.41, 5.74) is 0.114. The smallest absolute Gasteiger partial charge is 0.328 e. The van der Waals surface area contributed by atoms with Crippen LogP contribution in [-0.2, 0) is 6.54 Å². The second-order valence-electron chi connectivity index (χ2n) is 5.71. The topological polar surface area (TPSA) is 47.2 Å². The average Bonchev–Trinajstić information content (AvgIpc) is 2.63. The van der Waals surface area contributed by atoms with E-state index in [1.54, 1.807) is 9.13 Å². The molecular weight excluding hydrogens is 216 g/mol. The minimum atomic E-state index is -0.273. The summed E-state index contributed by atoms with van der Waals surface area (Å²) in [6.07, 6.45) is 5.90. The Hall–Kier alpha value is -1.03. The maximum absolute atomic E-state index is 12.1. The Morgan fingerprint density at radius 2 is 2.18 bits per heavy atom. The number of imidazole rings is 1. The van der Waals surface area contributed by atoms with Crippen molar-refractivity contribution in [2.45, 2.75) is 58.7 Å². The van der Waals surface area contributed by atoms with Crippen molar-refractivity contribution in [3.63, 3.8) is 0 Å². The number of aromatic nitrogens is 2. The number of aliphatic hydroxyl groups is 1. The molecule has 0 aromatic carbocycles. The van der Waals surface area contributed by atoms with E-state index < -0.39 is 0 Å². The Balaban J connectivity index is 2.36. The summed E-state index contributed by atoms with van der Waals surface area (Å²) in [5.74, 6) is 0. The molecule has 1 saturated carbocycles. The van der Waals surface area contributed by atoms with Crippen molar-refractivity contribution in [3.05, 3.63) is 22.9 Å². The predicted molar refractivity (Wildman–Crippen MR) is 67.0 cm³/mol. The van der Waals surface area contributed by atoms with Gasteiger partial charge in [-0.05, 0) is 31.6 Å². The van der Waals surface area contributed by atoms with Crippen molar-refractivity contribution in [3.8, 4) is 0 Å². The minimum absolute atomic E-state index is 0.0414. The molecule has 0 saturated heterocycles. The molecule has 96 valence electrons. The summed E-state index contributed by atoms with van der Waals surface area (Å²) in [5, 5.41) is 9.81. The van der Waals surface area contributed by atoms with Gasteiger partial charge in [0.25, 0.3) is 0 Å². The molecule has 0 amide bonds. The van der Waals surface area contributed by atoms with Crippen LogP contribution in [0, 0.1) is 5.41 Å². The van der Waals surface area contributed by atoms with E-state index >= 15 is 0 Å². The summed E-state index contributed by atoms with van der Waals surface area (Å²) < 4.78 is 3.50. The zero-order chi connectivity index (χ0) is 12.6. The summed E-state index contributed by atoms with van der Waals surface area (Å²) in [6, 6.07) is 0.103. The number of nitrogens with zero attached hydrogens (tertiary/aromatic N) is 2. The van der Waals surface area contributed by atoms with E-state index in [1.165, 1.54) is 0 Å². The minimum Gasteiger partial charge on any atom is -0.393 e. The summed E-state index contributed by atoms with van der Waals surface area (Å²) in [6.45, 7) is 7.02. The molecular formula is C13H22N2O2. The third kappa shape index (κ3) is 2.18. The van der Waals surface area contributed by atoms with Gasteiger partial charge in [0.1, 0.15) is 0 Å². The van der Waals surface area contributed by atoms with E-state index in [0.29, 0.717) is 13.0 Å². The van der Waals surface area contributed by atoms with Crippen LogP contribution in [0.15, 0.2) is 17.2 Å². The summed E-state index contributed by atoms with van der Waals surface area (Å²) in [4.78, 5) is 12.1. The molecule has 2 rings (SSSR count). The van der Waals surface area contributed by atoms with Crippen LogP contribution >= 0.6 is 0 Å². The van der Waals surface area contributed by atoms with Crippen molar-refractivity contribution in [1.82, 2.24) is 9.13 Å². The van der Waals surface area contributed by atoms with Crippen molar-refractivity contribution >= 4 is 0 Å². The van der Waals surface area contributed by atoms with Crippen molar-refractivity contribution < 1.29 is 5.11 Å². The second-order valence-corrected chi connectivity index (χ2v) is 5.71. The standard InChI is InChI=1S/C13H22N2O2/c1-4-14-7-8-15(12(14)17)11-9-10(16)5-6-13(11,2)3/h7-8,10-11,16H,4-6,9H2,1-3H3. The van der Waals surface area contributed by atoms with E-state index in [1.807, 2.05) is 19.3 Å². The van der Waals surface area contributed by atoms with Crippen LogP contribution in [0.4, 0.5) is 0 Å². The zero-order valence-corrected chi connectivity index (χ0v) is 10.9. The monoisotopic (exact) mass is 238 g/mol. The molecule has 1 N–H and O–H groups in total. The largest absolute Gasteiger partial charge is 0.393 e. The number of hydrogen-bond acceptors (Lipinski definition) is 2. The van der Waals surface area contributed by atoms with Gasteiger partial charge in [-0.2, -0.15) is 0 Å². The van der Waals surface area contributed by atoms with Crippen LogP contribution in [-0.4, -0.2) is 20.3 Å². The molecule has 0 radical (unpaired) electrons. The number of aryl methyl sites for hydroxylation is 1. The molecule has 1 heterocycles. The normalized spacial score (nSPS) is 28.2. The van der Waals surface area contributed by atoms with Crippen LogP contribution < -0.4 is 5.69 Å². The van der Waals surface area contributed by atoms with Gasteiger partial charge in [-0.3, -0.25) is 9.13 Å². The molecule has 4 heteroatoms. The Bertz CT molecular complexity index is 445. The number of aliphatic hydroxyl groups excluding tert-OH is 1. The fourth-order valence-electron chi connectivity index (χ4n) is 2.80. The lowest BCUT2D eigenvalue weighted by molar-refractivity contribution is 0.0327. The van der Waals surface area contributed by atoms with Gasteiger partial charge in [0.05, 0.1) is 6.10 Å². The van der Waals surface area contributed by atoms with E-state index in [9.17, 15) is 9.90 Å². The molecule has 1 fully saturated rings. The van der Waals surface area contributed by atoms with Crippen LogP contribution in [0.5, 0.6) is 0 Å². The lowest BCUT2D eigenvalue weighted by Crippen LogP contribution is -2.40. The van der Waals surface area contributed by atoms with E-state index in [0.717, 1.165) is 12.8 Å². The number of hydrogen-bond donors (Lipinski definition) is 1. The van der Waals surface area contributed by atoms with Gasteiger partial charge in [-0.25, -0.2) is 4.79 Å². The van der Waals surface area contributed by atoms with Gasteiger partial charge < -0.3 is 5.11 Å².